The molecule has 1 heteroatoms. The third-order valence-electron chi connectivity index (χ3n) is 2.11. The van der Waals surface area contributed by atoms with Crippen LogP contribution in [0.2, 0.25) is 0 Å². The van der Waals surface area contributed by atoms with E-state index in [1.165, 1.54) is 5.56 Å². The lowest BCUT2D eigenvalue weighted by Crippen LogP contribution is -2.15. The average molecular weight is 187 g/mol. The fourth-order valence-corrected chi connectivity index (χ4v) is 1.16. The summed E-state index contributed by atoms with van der Waals surface area (Å²) in [6.07, 6.45) is 2.85. The Labute approximate surface area is 86.3 Å². The van der Waals surface area contributed by atoms with Gasteiger partial charge in [-0.2, -0.15) is 0 Å². The maximum atomic E-state index is 5.68. The van der Waals surface area contributed by atoms with E-state index in [1.807, 2.05) is 6.07 Å². The predicted octanol–water partition coefficient (Wildman–Crippen LogP) is 2.36. The minimum atomic E-state index is 0.0470. The molecule has 0 heterocycles. The van der Waals surface area contributed by atoms with E-state index >= 15 is 0 Å². The zero-order valence-corrected chi connectivity index (χ0v) is 8.66. The molecule has 74 valence electrons. The van der Waals surface area contributed by atoms with Crippen molar-refractivity contribution in [1.82, 2.24) is 0 Å². The Morgan fingerprint density at radius 1 is 1.29 bits per heavy atom. The van der Waals surface area contributed by atoms with E-state index < -0.39 is 0 Å². The summed E-state index contributed by atoms with van der Waals surface area (Å²) in [6, 6.07) is 10.4. The maximum absolute atomic E-state index is 5.68. The second-order valence-corrected chi connectivity index (χ2v) is 3.32. The van der Waals surface area contributed by atoms with Crippen LogP contribution in [0.5, 0.6) is 0 Å². The van der Waals surface area contributed by atoms with Crippen LogP contribution in [0.4, 0.5) is 0 Å². The molecule has 0 aliphatic carbocycles. The molecule has 1 rings (SSSR count). The summed E-state index contributed by atoms with van der Waals surface area (Å²) in [5, 5.41) is 0. The lowest BCUT2D eigenvalue weighted by Gasteiger charge is -1.97. The van der Waals surface area contributed by atoms with Gasteiger partial charge in [-0.3, -0.25) is 0 Å². The molecule has 0 aliphatic rings. The summed E-state index contributed by atoms with van der Waals surface area (Å²) >= 11 is 0. The SMILES string of the molecule is CCC(N)C#CCCc1ccccc1. The first kappa shape index (κ1) is 10.8. The van der Waals surface area contributed by atoms with Gasteiger partial charge in [0, 0.05) is 6.42 Å². The highest BCUT2D eigenvalue weighted by molar-refractivity contribution is 5.16. The van der Waals surface area contributed by atoms with E-state index in [0.29, 0.717) is 0 Å². The van der Waals surface area contributed by atoms with Gasteiger partial charge in [-0.05, 0) is 18.4 Å². The molecule has 1 atom stereocenters. The fourth-order valence-electron chi connectivity index (χ4n) is 1.16. The Hall–Kier alpha value is -1.26. The minimum absolute atomic E-state index is 0.0470. The summed E-state index contributed by atoms with van der Waals surface area (Å²) in [7, 11) is 0. The van der Waals surface area contributed by atoms with Crippen molar-refractivity contribution >= 4 is 0 Å². The molecular formula is C13H17N. The number of nitrogens with two attached hydrogens (primary N) is 1. The lowest BCUT2D eigenvalue weighted by atomic mass is 10.1. The third kappa shape index (κ3) is 4.11. The van der Waals surface area contributed by atoms with Gasteiger partial charge >= 0.3 is 0 Å². The molecule has 0 saturated heterocycles. The van der Waals surface area contributed by atoms with Crippen LogP contribution in [0.3, 0.4) is 0 Å². The Kier molecular flexibility index (Phi) is 4.82. The molecule has 0 saturated carbocycles. The first-order valence-corrected chi connectivity index (χ1v) is 5.11. The van der Waals surface area contributed by atoms with Crippen molar-refractivity contribution in [3.05, 3.63) is 35.9 Å². The standard InChI is InChI=1S/C13H17N/c1-2-13(14)11-7-6-10-12-8-4-3-5-9-12/h3-5,8-9,13H,2,6,10,14H2,1H3. The summed E-state index contributed by atoms with van der Waals surface area (Å²) in [5.41, 5.74) is 7.02. The topological polar surface area (TPSA) is 26.0 Å². The van der Waals surface area contributed by atoms with Crippen molar-refractivity contribution < 1.29 is 0 Å². The van der Waals surface area contributed by atoms with E-state index in [0.717, 1.165) is 19.3 Å². The van der Waals surface area contributed by atoms with Gasteiger partial charge in [-0.25, -0.2) is 0 Å². The summed E-state index contributed by atoms with van der Waals surface area (Å²) < 4.78 is 0. The van der Waals surface area contributed by atoms with Crippen molar-refractivity contribution in [3.63, 3.8) is 0 Å². The zero-order chi connectivity index (χ0) is 10.2. The van der Waals surface area contributed by atoms with E-state index in [4.69, 9.17) is 5.73 Å². The number of benzene rings is 1. The van der Waals surface area contributed by atoms with Crippen molar-refractivity contribution in [1.29, 1.82) is 0 Å². The Bertz CT molecular complexity index is 305. The fraction of sp³-hybridized carbons (Fsp3) is 0.385. The molecule has 1 aromatic carbocycles. The average Bonchev–Trinajstić information content (AvgIpc) is 2.25. The van der Waals surface area contributed by atoms with Gasteiger partial charge in [-0.15, -0.1) is 5.92 Å². The van der Waals surface area contributed by atoms with E-state index in [-0.39, 0.29) is 6.04 Å². The highest BCUT2D eigenvalue weighted by Gasteiger charge is 1.90. The summed E-state index contributed by atoms with van der Waals surface area (Å²) in [5.74, 6) is 6.14. The van der Waals surface area contributed by atoms with Gasteiger partial charge in [0.1, 0.15) is 0 Å². The van der Waals surface area contributed by atoms with Crippen LogP contribution < -0.4 is 5.73 Å². The monoisotopic (exact) mass is 187 g/mol. The van der Waals surface area contributed by atoms with Crippen LogP contribution in [0.15, 0.2) is 30.3 Å². The van der Waals surface area contributed by atoms with Gasteiger partial charge in [0.2, 0.25) is 0 Å². The largest absolute Gasteiger partial charge is 0.318 e. The Morgan fingerprint density at radius 3 is 2.64 bits per heavy atom. The van der Waals surface area contributed by atoms with Gasteiger partial charge < -0.3 is 5.73 Å². The van der Waals surface area contributed by atoms with E-state index in [2.05, 4.69) is 43.0 Å². The number of rotatable bonds is 3. The van der Waals surface area contributed by atoms with Gasteiger partial charge in [0.05, 0.1) is 6.04 Å². The van der Waals surface area contributed by atoms with E-state index in [1.54, 1.807) is 0 Å². The summed E-state index contributed by atoms with van der Waals surface area (Å²) in [4.78, 5) is 0. The van der Waals surface area contributed by atoms with Crippen LogP contribution in [-0.2, 0) is 6.42 Å². The first-order valence-electron chi connectivity index (χ1n) is 5.11. The van der Waals surface area contributed by atoms with E-state index in [9.17, 15) is 0 Å². The minimum Gasteiger partial charge on any atom is -0.318 e. The molecule has 0 aliphatic heterocycles. The molecule has 0 aromatic heterocycles. The zero-order valence-electron chi connectivity index (χ0n) is 8.66. The van der Waals surface area contributed by atoms with Gasteiger partial charge in [0.25, 0.3) is 0 Å². The van der Waals surface area contributed by atoms with Crippen LogP contribution in [0, 0.1) is 11.8 Å². The predicted molar refractivity (Wildman–Crippen MR) is 60.8 cm³/mol. The first-order chi connectivity index (χ1) is 6.83. The third-order valence-corrected chi connectivity index (χ3v) is 2.11. The van der Waals surface area contributed by atoms with Gasteiger partial charge in [-0.1, -0.05) is 43.2 Å². The molecule has 2 N–H and O–H groups in total. The maximum Gasteiger partial charge on any atom is 0.0661 e. The molecule has 1 aromatic rings. The second-order valence-electron chi connectivity index (χ2n) is 3.32. The number of hydrogen-bond acceptors (Lipinski definition) is 1. The molecule has 1 nitrogen and oxygen atoms in total. The van der Waals surface area contributed by atoms with Crippen molar-refractivity contribution in [2.75, 3.05) is 0 Å². The van der Waals surface area contributed by atoms with Crippen LogP contribution >= 0.6 is 0 Å². The van der Waals surface area contributed by atoms with Crippen LogP contribution in [-0.4, -0.2) is 6.04 Å². The lowest BCUT2D eigenvalue weighted by molar-refractivity contribution is 0.804. The summed E-state index contributed by atoms with van der Waals surface area (Å²) in [6.45, 7) is 2.05. The van der Waals surface area contributed by atoms with Crippen molar-refractivity contribution in [3.8, 4) is 11.8 Å². The molecule has 0 amide bonds. The van der Waals surface area contributed by atoms with Crippen LogP contribution in [0.1, 0.15) is 25.3 Å². The molecule has 0 fully saturated rings. The van der Waals surface area contributed by atoms with Crippen molar-refractivity contribution in [2.45, 2.75) is 32.2 Å². The highest BCUT2D eigenvalue weighted by atomic mass is 14.6. The second kappa shape index (κ2) is 6.23. The molecular weight excluding hydrogens is 170 g/mol. The molecule has 0 spiro atoms. The Balaban J connectivity index is 2.31. The normalized spacial score (nSPS) is 11.6. The molecule has 1 unspecified atom stereocenters. The number of hydrogen-bond donors (Lipinski definition) is 1. The van der Waals surface area contributed by atoms with Crippen LogP contribution in [0.25, 0.3) is 0 Å². The molecule has 0 bridgehead atoms. The van der Waals surface area contributed by atoms with Gasteiger partial charge in [0.15, 0.2) is 0 Å². The van der Waals surface area contributed by atoms with Crippen molar-refractivity contribution in [2.24, 2.45) is 5.73 Å². The Morgan fingerprint density at radius 2 is 2.00 bits per heavy atom. The number of aryl methyl sites for hydroxylation is 1. The molecule has 14 heavy (non-hydrogen) atoms. The molecule has 0 radical (unpaired) electrons. The quantitative estimate of drug-likeness (QED) is 0.722. The highest BCUT2D eigenvalue weighted by Crippen LogP contribution is 2.01. The smallest absolute Gasteiger partial charge is 0.0661 e.